The lowest BCUT2D eigenvalue weighted by atomic mass is 9.42. The Bertz CT molecular complexity index is 1240. The van der Waals surface area contributed by atoms with Crippen LogP contribution in [0.4, 0.5) is 0 Å². The molecule has 3 saturated carbocycles. The Labute approximate surface area is 335 Å². The van der Waals surface area contributed by atoms with Crippen molar-refractivity contribution in [3.05, 3.63) is 29.8 Å². The molecule has 0 bridgehead atoms. The minimum Gasteiger partial charge on any atom is -0.497 e. The standard InChI is InChI=1S/C46H84O6Si2/c1-31(2)53(32(3)4,33(5)6)51-26-25-46(14)43(52-54(34(7)8,35(9)10)36(11)12)23-24-45(13)41-28-40(49-29-37-17-20-39(48-16)21-18-37)22-19-38(41)27-42(44(45)46)50-30-47-15/h17-18,20-21,31-36,38,40-44H,19,22-30H2,1-16H3/t38-,40+,41+,42+,43+,44-,45-,46+/m0/s1. The summed E-state index contributed by atoms with van der Waals surface area (Å²) in [6, 6.07) is 8.36. The lowest BCUT2D eigenvalue weighted by molar-refractivity contribution is -0.241. The Kier molecular flexibility index (Phi) is 16.1. The van der Waals surface area contributed by atoms with Crippen molar-refractivity contribution in [2.45, 2.75) is 200 Å². The molecule has 6 nitrogen and oxygen atoms in total. The highest BCUT2D eigenvalue weighted by molar-refractivity contribution is 6.78. The summed E-state index contributed by atoms with van der Waals surface area (Å²) in [6.45, 7) is 36.2. The highest BCUT2D eigenvalue weighted by atomic mass is 28.4. The summed E-state index contributed by atoms with van der Waals surface area (Å²) >= 11 is 0. The molecule has 0 radical (unpaired) electrons. The minimum atomic E-state index is -2.18. The maximum absolute atomic E-state index is 7.99. The van der Waals surface area contributed by atoms with E-state index in [1.807, 2.05) is 12.1 Å². The van der Waals surface area contributed by atoms with Crippen molar-refractivity contribution in [3.63, 3.8) is 0 Å². The molecule has 8 atom stereocenters. The lowest BCUT2D eigenvalue weighted by Crippen LogP contribution is -2.66. The second kappa shape index (κ2) is 18.9. The van der Waals surface area contributed by atoms with Crippen LogP contribution in [-0.4, -0.2) is 62.6 Å². The van der Waals surface area contributed by atoms with Crippen molar-refractivity contribution in [1.82, 2.24) is 0 Å². The summed E-state index contributed by atoms with van der Waals surface area (Å²) < 4.78 is 40.2. The van der Waals surface area contributed by atoms with Crippen LogP contribution in [0.3, 0.4) is 0 Å². The Morgan fingerprint density at radius 1 is 0.704 bits per heavy atom. The van der Waals surface area contributed by atoms with Crippen LogP contribution in [0.5, 0.6) is 5.75 Å². The molecular weight excluding hydrogens is 705 g/mol. The fraction of sp³-hybridized carbons (Fsp3) is 0.870. The van der Waals surface area contributed by atoms with Gasteiger partial charge in [0.2, 0.25) is 8.32 Å². The number of hydrogen-bond donors (Lipinski definition) is 0. The SMILES string of the molecule is COCO[C@@H]1C[C@@H]2CC[C@@H](OCc3ccc(OC)cc3)C[C@H]2[C@]2(C)CC[C@@H](O[Si](C(C)C)(C(C)C)C(C)C)[C@@](C)(CCO[Si](C(C)C)(C(C)C)C(C)C)[C@@H]12. The molecule has 0 heterocycles. The summed E-state index contributed by atoms with van der Waals surface area (Å²) in [5.74, 6) is 2.43. The molecule has 0 aromatic heterocycles. The highest BCUT2D eigenvalue weighted by Crippen LogP contribution is 2.66. The van der Waals surface area contributed by atoms with Gasteiger partial charge in [-0.1, -0.05) is 109 Å². The fourth-order valence-corrected chi connectivity index (χ4v) is 24.5. The van der Waals surface area contributed by atoms with E-state index in [1.165, 1.54) is 18.4 Å². The molecule has 8 heteroatoms. The molecule has 0 amide bonds. The number of fused-ring (bicyclic) bond motifs is 3. The van der Waals surface area contributed by atoms with Gasteiger partial charge in [-0.15, -0.1) is 0 Å². The van der Waals surface area contributed by atoms with Crippen LogP contribution < -0.4 is 4.74 Å². The van der Waals surface area contributed by atoms with Crippen molar-refractivity contribution in [2.24, 2.45) is 28.6 Å². The summed E-state index contributed by atoms with van der Waals surface area (Å²) in [4.78, 5) is 0. The van der Waals surface area contributed by atoms with Gasteiger partial charge in [0.15, 0.2) is 8.32 Å². The van der Waals surface area contributed by atoms with E-state index in [9.17, 15) is 0 Å². The maximum atomic E-state index is 7.99. The van der Waals surface area contributed by atoms with Crippen LogP contribution in [0.1, 0.15) is 147 Å². The predicted octanol–water partition coefficient (Wildman–Crippen LogP) is 13.0. The molecule has 54 heavy (non-hydrogen) atoms. The van der Waals surface area contributed by atoms with Crippen molar-refractivity contribution < 1.29 is 27.8 Å². The molecule has 3 fully saturated rings. The normalized spacial score (nSPS) is 30.9. The molecular formula is C46H84O6Si2. The van der Waals surface area contributed by atoms with Gasteiger partial charge in [-0.05, 0) is 119 Å². The van der Waals surface area contributed by atoms with Gasteiger partial charge in [0.25, 0.3) is 0 Å². The molecule has 0 N–H and O–H groups in total. The largest absolute Gasteiger partial charge is 0.497 e. The van der Waals surface area contributed by atoms with Gasteiger partial charge in [-0.3, -0.25) is 0 Å². The summed E-state index contributed by atoms with van der Waals surface area (Å²) in [6.07, 6.45) is 8.35. The van der Waals surface area contributed by atoms with Gasteiger partial charge < -0.3 is 27.8 Å². The van der Waals surface area contributed by atoms with Gasteiger partial charge >= 0.3 is 0 Å². The fourth-order valence-electron chi connectivity index (χ4n) is 13.4. The Hall–Kier alpha value is -0.746. The first-order valence-electron chi connectivity index (χ1n) is 22.0. The maximum Gasteiger partial charge on any atom is 0.200 e. The summed E-state index contributed by atoms with van der Waals surface area (Å²) in [7, 11) is -0.739. The van der Waals surface area contributed by atoms with E-state index in [-0.39, 0.29) is 29.1 Å². The van der Waals surface area contributed by atoms with Crippen molar-refractivity contribution in [3.8, 4) is 5.75 Å². The van der Waals surface area contributed by atoms with E-state index in [0.29, 0.717) is 64.4 Å². The molecule has 3 aliphatic rings. The molecule has 3 aliphatic carbocycles. The third-order valence-corrected chi connectivity index (χ3v) is 27.8. The smallest absolute Gasteiger partial charge is 0.200 e. The van der Waals surface area contributed by atoms with E-state index >= 15 is 0 Å². The van der Waals surface area contributed by atoms with E-state index in [0.717, 1.165) is 44.5 Å². The average Bonchev–Trinajstić information content (AvgIpc) is 3.10. The number of ether oxygens (including phenoxy) is 4. The van der Waals surface area contributed by atoms with Crippen molar-refractivity contribution in [1.29, 1.82) is 0 Å². The Morgan fingerprint density at radius 2 is 1.28 bits per heavy atom. The second-order valence-corrected chi connectivity index (χ2v) is 31.0. The third-order valence-electron chi connectivity index (χ3n) is 15.6. The second-order valence-electron chi connectivity index (χ2n) is 20.2. The average molecular weight is 789 g/mol. The van der Waals surface area contributed by atoms with Crippen molar-refractivity contribution in [2.75, 3.05) is 27.6 Å². The minimum absolute atomic E-state index is 0.0957. The first kappa shape index (κ1) is 45.9. The highest BCUT2D eigenvalue weighted by Gasteiger charge is 2.65. The molecule has 312 valence electrons. The van der Waals surface area contributed by atoms with Crippen LogP contribution in [0.15, 0.2) is 24.3 Å². The first-order chi connectivity index (χ1) is 25.3. The zero-order valence-electron chi connectivity index (χ0n) is 37.8. The van der Waals surface area contributed by atoms with Crippen LogP contribution in [0.25, 0.3) is 0 Å². The van der Waals surface area contributed by atoms with Crippen LogP contribution in [-0.2, 0) is 29.7 Å². The summed E-state index contributed by atoms with van der Waals surface area (Å²) in [5, 5.41) is 0. The van der Waals surface area contributed by atoms with Crippen molar-refractivity contribution >= 4 is 16.6 Å². The van der Waals surface area contributed by atoms with Crippen LogP contribution in [0.2, 0.25) is 33.2 Å². The number of methoxy groups -OCH3 is 2. The predicted molar refractivity (Wildman–Crippen MR) is 230 cm³/mol. The quantitative estimate of drug-likeness (QED) is 0.103. The number of rotatable bonds is 19. The topological polar surface area (TPSA) is 55.4 Å². The Balaban J connectivity index is 1.75. The molecule has 0 spiro atoms. The first-order valence-corrected chi connectivity index (χ1v) is 26.3. The van der Waals surface area contributed by atoms with Crippen LogP contribution >= 0.6 is 0 Å². The van der Waals surface area contributed by atoms with Gasteiger partial charge in [0.1, 0.15) is 12.5 Å². The summed E-state index contributed by atoms with van der Waals surface area (Å²) in [5.41, 5.74) is 4.47. The molecule has 1 aromatic carbocycles. The van der Waals surface area contributed by atoms with Gasteiger partial charge in [0.05, 0.1) is 32.0 Å². The molecule has 1 aromatic rings. The number of benzene rings is 1. The van der Waals surface area contributed by atoms with Gasteiger partial charge in [-0.25, -0.2) is 0 Å². The van der Waals surface area contributed by atoms with Gasteiger partial charge in [-0.2, -0.15) is 0 Å². The van der Waals surface area contributed by atoms with E-state index in [2.05, 4.69) is 109 Å². The Morgan fingerprint density at radius 3 is 1.80 bits per heavy atom. The zero-order chi connectivity index (χ0) is 40.2. The molecule has 4 rings (SSSR count). The van der Waals surface area contributed by atoms with Gasteiger partial charge in [0, 0.05) is 19.1 Å². The number of hydrogen-bond acceptors (Lipinski definition) is 6. The third kappa shape index (κ3) is 8.95. The molecule has 0 unspecified atom stereocenters. The monoisotopic (exact) mass is 789 g/mol. The lowest BCUT2D eigenvalue weighted by Gasteiger charge is -2.66. The molecule has 0 aliphatic heterocycles. The van der Waals surface area contributed by atoms with E-state index in [1.54, 1.807) is 14.2 Å². The molecule has 0 saturated heterocycles. The van der Waals surface area contributed by atoms with E-state index < -0.39 is 16.6 Å². The van der Waals surface area contributed by atoms with E-state index in [4.69, 9.17) is 27.8 Å². The zero-order valence-corrected chi connectivity index (χ0v) is 39.8. The van der Waals surface area contributed by atoms with Crippen LogP contribution in [0, 0.1) is 28.6 Å².